The third-order valence-corrected chi connectivity index (χ3v) is 2.41. The van der Waals surface area contributed by atoms with Crippen LogP contribution in [-0.4, -0.2) is 22.6 Å². The van der Waals surface area contributed by atoms with E-state index in [4.69, 9.17) is 0 Å². The van der Waals surface area contributed by atoms with Crippen molar-refractivity contribution in [2.45, 2.75) is 26.4 Å². The van der Waals surface area contributed by atoms with Crippen LogP contribution in [0.4, 0.5) is 0 Å². The molecule has 4 heteroatoms. The highest BCUT2D eigenvalue weighted by Crippen LogP contribution is 2.33. The Hall–Kier alpha value is -0.900. The SMILES string of the molecule is CC(C)C1(O)C(=O)OC(=O)C1C. The Morgan fingerprint density at radius 3 is 2.17 bits per heavy atom. The van der Waals surface area contributed by atoms with Gasteiger partial charge in [0.05, 0.1) is 5.92 Å². The molecule has 1 heterocycles. The van der Waals surface area contributed by atoms with Gasteiger partial charge in [-0.1, -0.05) is 13.8 Å². The number of aliphatic hydroxyl groups is 1. The molecule has 1 fully saturated rings. The normalized spacial score (nSPS) is 35.9. The molecule has 12 heavy (non-hydrogen) atoms. The van der Waals surface area contributed by atoms with E-state index < -0.39 is 23.5 Å². The van der Waals surface area contributed by atoms with Gasteiger partial charge in [0.15, 0.2) is 5.60 Å². The molecule has 2 atom stereocenters. The number of esters is 2. The van der Waals surface area contributed by atoms with Crippen molar-refractivity contribution < 1.29 is 19.4 Å². The third kappa shape index (κ3) is 0.948. The van der Waals surface area contributed by atoms with E-state index in [9.17, 15) is 14.7 Å². The lowest BCUT2D eigenvalue weighted by Crippen LogP contribution is -2.45. The van der Waals surface area contributed by atoms with Gasteiger partial charge in [-0.3, -0.25) is 4.79 Å². The smallest absolute Gasteiger partial charge is 0.346 e. The summed E-state index contributed by atoms with van der Waals surface area (Å²) in [7, 11) is 0. The Kier molecular flexibility index (Phi) is 1.96. The first-order valence-corrected chi connectivity index (χ1v) is 3.89. The van der Waals surface area contributed by atoms with Crippen LogP contribution in [0.5, 0.6) is 0 Å². The van der Waals surface area contributed by atoms with E-state index in [-0.39, 0.29) is 5.92 Å². The number of rotatable bonds is 1. The van der Waals surface area contributed by atoms with Gasteiger partial charge in [0.25, 0.3) is 0 Å². The van der Waals surface area contributed by atoms with Crippen LogP contribution >= 0.6 is 0 Å². The van der Waals surface area contributed by atoms with Gasteiger partial charge >= 0.3 is 11.9 Å². The summed E-state index contributed by atoms with van der Waals surface area (Å²) in [5, 5.41) is 9.78. The van der Waals surface area contributed by atoms with Crippen molar-refractivity contribution in [1.82, 2.24) is 0 Å². The second kappa shape index (κ2) is 2.55. The fraction of sp³-hybridized carbons (Fsp3) is 0.750. The summed E-state index contributed by atoms with van der Waals surface area (Å²) in [5.41, 5.74) is -1.63. The fourth-order valence-electron chi connectivity index (χ4n) is 1.35. The maximum Gasteiger partial charge on any atom is 0.346 e. The molecule has 1 rings (SSSR count). The highest BCUT2D eigenvalue weighted by molar-refractivity contribution is 6.00. The first-order chi connectivity index (χ1) is 5.40. The molecule has 1 aliphatic rings. The summed E-state index contributed by atoms with van der Waals surface area (Å²) < 4.78 is 4.32. The Bertz CT molecular complexity index is 233. The Labute approximate surface area is 70.5 Å². The largest absolute Gasteiger partial charge is 0.391 e. The van der Waals surface area contributed by atoms with Gasteiger partial charge in [0, 0.05) is 0 Å². The zero-order valence-corrected chi connectivity index (χ0v) is 7.33. The van der Waals surface area contributed by atoms with Crippen molar-refractivity contribution in [3.63, 3.8) is 0 Å². The van der Waals surface area contributed by atoms with Crippen LogP contribution in [-0.2, 0) is 14.3 Å². The minimum absolute atomic E-state index is 0.313. The van der Waals surface area contributed by atoms with Crippen LogP contribution in [0.25, 0.3) is 0 Å². The van der Waals surface area contributed by atoms with Crippen LogP contribution in [0.3, 0.4) is 0 Å². The van der Waals surface area contributed by atoms with E-state index in [1.807, 2.05) is 0 Å². The lowest BCUT2D eigenvalue weighted by molar-refractivity contribution is -0.161. The van der Waals surface area contributed by atoms with Gasteiger partial charge in [-0.2, -0.15) is 0 Å². The van der Waals surface area contributed by atoms with Crippen LogP contribution in [0.15, 0.2) is 0 Å². The first-order valence-electron chi connectivity index (χ1n) is 3.89. The molecule has 0 aromatic carbocycles. The van der Waals surface area contributed by atoms with E-state index in [0.29, 0.717) is 0 Å². The summed E-state index contributed by atoms with van der Waals surface area (Å²) in [6.07, 6.45) is 0. The van der Waals surface area contributed by atoms with E-state index in [1.54, 1.807) is 13.8 Å². The summed E-state index contributed by atoms with van der Waals surface area (Å²) in [6, 6.07) is 0. The molecule has 1 aliphatic heterocycles. The summed E-state index contributed by atoms with van der Waals surface area (Å²) >= 11 is 0. The van der Waals surface area contributed by atoms with Gasteiger partial charge in [-0.05, 0) is 12.8 Å². The number of hydrogen-bond acceptors (Lipinski definition) is 4. The second-order valence-corrected chi connectivity index (χ2v) is 3.41. The zero-order valence-electron chi connectivity index (χ0n) is 7.33. The van der Waals surface area contributed by atoms with Crippen LogP contribution < -0.4 is 0 Å². The Balaban J connectivity index is 3.03. The minimum atomic E-state index is -1.63. The highest BCUT2D eigenvalue weighted by Gasteiger charge is 2.56. The fourth-order valence-corrected chi connectivity index (χ4v) is 1.35. The molecule has 4 nitrogen and oxygen atoms in total. The quantitative estimate of drug-likeness (QED) is 0.450. The molecular weight excluding hydrogens is 160 g/mol. The first kappa shape index (κ1) is 9.19. The van der Waals surface area contributed by atoms with Crippen molar-refractivity contribution in [2.75, 3.05) is 0 Å². The average Bonchev–Trinajstić information content (AvgIpc) is 2.16. The molecule has 68 valence electrons. The van der Waals surface area contributed by atoms with Gasteiger partial charge in [0.2, 0.25) is 0 Å². The molecule has 0 amide bonds. The average molecular weight is 172 g/mol. The molecule has 0 aromatic heterocycles. The Morgan fingerprint density at radius 1 is 1.50 bits per heavy atom. The van der Waals surface area contributed by atoms with Crippen molar-refractivity contribution in [3.8, 4) is 0 Å². The van der Waals surface area contributed by atoms with E-state index in [0.717, 1.165) is 0 Å². The van der Waals surface area contributed by atoms with Gasteiger partial charge in [-0.15, -0.1) is 0 Å². The summed E-state index contributed by atoms with van der Waals surface area (Å²) in [5.74, 6) is -2.54. The van der Waals surface area contributed by atoms with Crippen molar-refractivity contribution in [3.05, 3.63) is 0 Å². The predicted molar refractivity (Wildman–Crippen MR) is 40.1 cm³/mol. The maximum absolute atomic E-state index is 11.1. The van der Waals surface area contributed by atoms with Crippen LogP contribution in [0.1, 0.15) is 20.8 Å². The molecule has 2 unspecified atom stereocenters. The third-order valence-electron chi connectivity index (χ3n) is 2.41. The minimum Gasteiger partial charge on any atom is -0.391 e. The van der Waals surface area contributed by atoms with E-state index in [1.165, 1.54) is 6.92 Å². The molecule has 0 spiro atoms. The molecule has 1 N–H and O–H groups in total. The topological polar surface area (TPSA) is 63.6 Å². The maximum atomic E-state index is 11.1. The van der Waals surface area contributed by atoms with Crippen LogP contribution in [0, 0.1) is 11.8 Å². The van der Waals surface area contributed by atoms with Crippen molar-refractivity contribution in [1.29, 1.82) is 0 Å². The lowest BCUT2D eigenvalue weighted by atomic mass is 9.81. The monoisotopic (exact) mass is 172 g/mol. The number of hydrogen-bond donors (Lipinski definition) is 1. The molecule has 0 aromatic rings. The highest BCUT2D eigenvalue weighted by atomic mass is 16.6. The van der Waals surface area contributed by atoms with Crippen LogP contribution in [0.2, 0.25) is 0 Å². The second-order valence-electron chi connectivity index (χ2n) is 3.41. The van der Waals surface area contributed by atoms with Gasteiger partial charge in [0.1, 0.15) is 0 Å². The standard InChI is InChI=1S/C8H12O4/c1-4(2)8(11)5(3)6(9)12-7(8)10/h4-5,11H,1-3H3. The predicted octanol–water partition coefficient (Wildman–Crippen LogP) is 0.0930. The summed E-state index contributed by atoms with van der Waals surface area (Å²) in [4.78, 5) is 22.0. The molecule has 0 bridgehead atoms. The van der Waals surface area contributed by atoms with E-state index >= 15 is 0 Å². The van der Waals surface area contributed by atoms with Crippen molar-refractivity contribution in [2.24, 2.45) is 11.8 Å². The number of ether oxygens (including phenoxy) is 1. The van der Waals surface area contributed by atoms with Crippen molar-refractivity contribution >= 4 is 11.9 Å². The molecular formula is C8H12O4. The van der Waals surface area contributed by atoms with E-state index in [2.05, 4.69) is 4.74 Å². The van der Waals surface area contributed by atoms with Gasteiger partial charge in [-0.25, -0.2) is 4.79 Å². The molecule has 0 saturated carbocycles. The molecule has 0 radical (unpaired) electrons. The number of carbonyl (C=O) groups is 2. The van der Waals surface area contributed by atoms with Gasteiger partial charge < -0.3 is 9.84 Å². The molecule has 0 aliphatic carbocycles. The zero-order chi connectivity index (χ0) is 9.52. The number of carbonyl (C=O) groups excluding carboxylic acids is 2. The molecule has 1 saturated heterocycles. The summed E-state index contributed by atoms with van der Waals surface area (Å²) in [6.45, 7) is 4.85. The Morgan fingerprint density at radius 2 is 2.00 bits per heavy atom. The lowest BCUT2D eigenvalue weighted by Gasteiger charge is -2.24. The number of cyclic esters (lactones) is 2.